The molecule has 0 fully saturated rings. The number of ether oxygens (including phenoxy) is 1. The number of carbonyl (C=O) groups is 1. The third kappa shape index (κ3) is 2.44. The molecule has 2 aromatic carbocycles. The van der Waals surface area contributed by atoms with E-state index in [4.69, 9.17) is 10.5 Å². The van der Waals surface area contributed by atoms with Crippen LogP contribution in [-0.4, -0.2) is 19.1 Å². The Morgan fingerprint density at radius 3 is 2.86 bits per heavy atom. The molecular formula is C17H18N2O2. The molecule has 0 saturated heterocycles. The van der Waals surface area contributed by atoms with Crippen LogP contribution in [0.4, 0.5) is 11.4 Å². The number of hydrogen-bond acceptors (Lipinski definition) is 3. The summed E-state index contributed by atoms with van der Waals surface area (Å²) in [6.45, 7) is 3.15. The Morgan fingerprint density at radius 1 is 1.19 bits per heavy atom. The largest absolute Gasteiger partial charge is 0.491 e. The Hall–Kier alpha value is -2.49. The van der Waals surface area contributed by atoms with E-state index in [2.05, 4.69) is 0 Å². The van der Waals surface area contributed by atoms with Gasteiger partial charge in [-0.2, -0.15) is 0 Å². The molecule has 0 atom stereocenters. The van der Waals surface area contributed by atoms with Crippen LogP contribution in [0.3, 0.4) is 0 Å². The number of benzene rings is 2. The fraction of sp³-hybridized carbons (Fsp3) is 0.235. The minimum absolute atomic E-state index is 0.0749. The van der Waals surface area contributed by atoms with Crippen LogP contribution in [0, 0.1) is 6.92 Å². The number of fused-ring (bicyclic) bond motifs is 1. The molecule has 2 aromatic rings. The second kappa shape index (κ2) is 5.48. The van der Waals surface area contributed by atoms with Crippen LogP contribution in [0.15, 0.2) is 42.5 Å². The first kappa shape index (κ1) is 13.5. The van der Waals surface area contributed by atoms with Crippen molar-refractivity contribution in [2.45, 2.75) is 13.3 Å². The zero-order valence-electron chi connectivity index (χ0n) is 12.0. The molecule has 1 heterocycles. The number of aryl methyl sites for hydroxylation is 1. The van der Waals surface area contributed by atoms with Crippen molar-refractivity contribution >= 4 is 17.3 Å². The first-order valence-corrected chi connectivity index (χ1v) is 7.07. The fourth-order valence-corrected chi connectivity index (χ4v) is 2.55. The lowest BCUT2D eigenvalue weighted by molar-refractivity contribution is 0.0988. The summed E-state index contributed by atoms with van der Waals surface area (Å²) in [5, 5.41) is 0. The zero-order valence-corrected chi connectivity index (χ0v) is 12.0. The van der Waals surface area contributed by atoms with E-state index in [0.717, 1.165) is 23.4 Å². The van der Waals surface area contributed by atoms with Gasteiger partial charge in [0.1, 0.15) is 5.75 Å². The number of nitrogen functional groups attached to an aromatic ring is 1. The van der Waals surface area contributed by atoms with Crippen molar-refractivity contribution in [2.24, 2.45) is 0 Å². The van der Waals surface area contributed by atoms with E-state index < -0.39 is 0 Å². The highest BCUT2D eigenvalue weighted by atomic mass is 16.5. The van der Waals surface area contributed by atoms with Crippen molar-refractivity contribution in [3.8, 4) is 5.75 Å². The quantitative estimate of drug-likeness (QED) is 0.818. The maximum absolute atomic E-state index is 12.9. The van der Waals surface area contributed by atoms with Gasteiger partial charge in [-0.15, -0.1) is 0 Å². The van der Waals surface area contributed by atoms with Crippen molar-refractivity contribution in [3.63, 3.8) is 0 Å². The lowest BCUT2D eigenvalue weighted by Gasteiger charge is -2.22. The van der Waals surface area contributed by atoms with Crippen molar-refractivity contribution in [1.29, 1.82) is 0 Å². The predicted octanol–water partition coefficient (Wildman–Crippen LogP) is 3.01. The molecule has 1 amide bonds. The minimum Gasteiger partial charge on any atom is -0.491 e. The smallest absolute Gasteiger partial charge is 0.260 e. The number of anilines is 2. The number of carbonyl (C=O) groups excluding carboxylic acids is 1. The molecule has 21 heavy (non-hydrogen) atoms. The number of hydrogen-bond donors (Lipinski definition) is 1. The van der Waals surface area contributed by atoms with Crippen LogP contribution < -0.4 is 15.4 Å². The SMILES string of the molecule is Cc1cccc(C(=O)N2CCCOc3ccccc32)c1N. The molecule has 4 heteroatoms. The van der Waals surface area contributed by atoms with Crippen LogP contribution in [-0.2, 0) is 0 Å². The first-order chi connectivity index (χ1) is 10.2. The van der Waals surface area contributed by atoms with Crippen LogP contribution in [0.2, 0.25) is 0 Å². The number of rotatable bonds is 1. The van der Waals surface area contributed by atoms with Crippen molar-refractivity contribution in [2.75, 3.05) is 23.8 Å². The molecule has 3 rings (SSSR count). The predicted molar refractivity (Wildman–Crippen MR) is 83.8 cm³/mol. The topological polar surface area (TPSA) is 55.6 Å². The summed E-state index contributed by atoms with van der Waals surface area (Å²) >= 11 is 0. The highest BCUT2D eigenvalue weighted by Gasteiger charge is 2.24. The molecule has 0 spiro atoms. The minimum atomic E-state index is -0.0749. The molecule has 0 unspecified atom stereocenters. The Balaban J connectivity index is 2.03. The van der Waals surface area contributed by atoms with Crippen molar-refractivity contribution in [1.82, 2.24) is 0 Å². The van der Waals surface area contributed by atoms with E-state index in [-0.39, 0.29) is 5.91 Å². The summed E-state index contributed by atoms with van der Waals surface area (Å²) in [4.78, 5) is 14.6. The second-order valence-electron chi connectivity index (χ2n) is 5.16. The summed E-state index contributed by atoms with van der Waals surface area (Å²) in [7, 11) is 0. The molecule has 0 aromatic heterocycles. The molecule has 1 aliphatic rings. The van der Waals surface area contributed by atoms with E-state index in [9.17, 15) is 4.79 Å². The Kier molecular flexibility index (Phi) is 3.52. The van der Waals surface area contributed by atoms with E-state index in [0.29, 0.717) is 24.4 Å². The summed E-state index contributed by atoms with van der Waals surface area (Å²) in [6, 6.07) is 13.2. The molecule has 0 saturated carbocycles. The Morgan fingerprint density at radius 2 is 2.00 bits per heavy atom. The molecule has 0 radical (unpaired) electrons. The van der Waals surface area contributed by atoms with E-state index in [1.165, 1.54) is 0 Å². The maximum Gasteiger partial charge on any atom is 0.260 e. The van der Waals surface area contributed by atoms with E-state index in [1.54, 1.807) is 11.0 Å². The monoisotopic (exact) mass is 282 g/mol. The highest BCUT2D eigenvalue weighted by Crippen LogP contribution is 2.32. The van der Waals surface area contributed by atoms with Crippen molar-refractivity contribution < 1.29 is 9.53 Å². The molecule has 108 valence electrons. The van der Waals surface area contributed by atoms with Gasteiger partial charge in [-0.3, -0.25) is 4.79 Å². The van der Waals surface area contributed by atoms with Gasteiger partial charge in [0.05, 0.1) is 17.9 Å². The van der Waals surface area contributed by atoms with Crippen LogP contribution >= 0.6 is 0 Å². The maximum atomic E-state index is 12.9. The van der Waals surface area contributed by atoms with E-state index in [1.807, 2.05) is 43.3 Å². The average molecular weight is 282 g/mol. The molecule has 4 nitrogen and oxygen atoms in total. The lowest BCUT2D eigenvalue weighted by Crippen LogP contribution is -2.32. The van der Waals surface area contributed by atoms with Crippen molar-refractivity contribution in [3.05, 3.63) is 53.6 Å². The summed E-state index contributed by atoms with van der Waals surface area (Å²) in [5.74, 6) is 0.670. The van der Waals surface area contributed by atoms with Gasteiger partial charge in [0, 0.05) is 12.2 Å². The molecule has 0 aliphatic carbocycles. The van der Waals surface area contributed by atoms with Gasteiger partial charge in [-0.05, 0) is 37.1 Å². The molecule has 2 N–H and O–H groups in total. The molecular weight excluding hydrogens is 264 g/mol. The van der Waals surface area contributed by atoms with Crippen LogP contribution in [0.5, 0.6) is 5.75 Å². The van der Waals surface area contributed by atoms with Gasteiger partial charge in [0.15, 0.2) is 0 Å². The summed E-state index contributed by atoms with van der Waals surface area (Å²) in [5.41, 5.74) is 8.89. The first-order valence-electron chi connectivity index (χ1n) is 7.07. The van der Waals surface area contributed by atoms with Crippen LogP contribution in [0.25, 0.3) is 0 Å². The number of para-hydroxylation sites is 3. The fourth-order valence-electron chi connectivity index (χ4n) is 2.55. The third-order valence-corrected chi connectivity index (χ3v) is 3.74. The van der Waals surface area contributed by atoms with Crippen LogP contribution in [0.1, 0.15) is 22.3 Å². The summed E-state index contributed by atoms with van der Waals surface area (Å²) in [6.07, 6.45) is 0.798. The zero-order chi connectivity index (χ0) is 14.8. The molecule has 1 aliphatic heterocycles. The number of nitrogens with two attached hydrogens (primary N) is 1. The Bertz CT molecular complexity index is 682. The Labute approximate surface area is 124 Å². The van der Waals surface area contributed by atoms with Gasteiger partial charge in [-0.1, -0.05) is 24.3 Å². The normalized spacial score (nSPS) is 14.0. The molecule has 0 bridgehead atoms. The summed E-state index contributed by atoms with van der Waals surface area (Å²) < 4.78 is 5.69. The lowest BCUT2D eigenvalue weighted by atomic mass is 10.1. The third-order valence-electron chi connectivity index (χ3n) is 3.74. The number of nitrogens with zero attached hydrogens (tertiary/aromatic N) is 1. The second-order valence-corrected chi connectivity index (χ2v) is 5.16. The van der Waals surface area contributed by atoms with Gasteiger partial charge in [0.2, 0.25) is 0 Å². The van der Waals surface area contributed by atoms with Gasteiger partial charge >= 0.3 is 0 Å². The van der Waals surface area contributed by atoms with E-state index >= 15 is 0 Å². The van der Waals surface area contributed by atoms with Gasteiger partial charge in [0.25, 0.3) is 5.91 Å². The highest BCUT2D eigenvalue weighted by molar-refractivity contribution is 6.10. The number of amides is 1. The van der Waals surface area contributed by atoms with Gasteiger partial charge < -0.3 is 15.4 Å². The van der Waals surface area contributed by atoms with Gasteiger partial charge in [-0.25, -0.2) is 0 Å². The standard InChI is InChI=1S/C17H18N2O2/c1-12-6-4-7-13(16(12)18)17(20)19-10-5-11-21-15-9-3-2-8-14(15)19/h2-4,6-9H,5,10-11,18H2,1H3. The average Bonchev–Trinajstić information content (AvgIpc) is 2.72.